The number of ketones is 1. The van der Waals surface area contributed by atoms with Crippen LogP contribution in [0.5, 0.6) is 5.75 Å². The van der Waals surface area contributed by atoms with Crippen LogP contribution < -0.4 is 4.74 Å². The molecule has 0 saturated carbocycles. The monoisotopic (exact) mass is 355 g/mol. The van der Waals surface area contributed by atoms with Gasteiger partial charge in [-0.15, -0.1) is 11.3 Å². The first-order valence-electron chi connectivity index (χ1n) is 5.64. The molecule has 0 aliphatic carbocycles. The first-order valence-corrected chi connectivity index (χ1v) is 7.24. The van der Waals surface area contributed by atoms with Gasteiger partial charge in [-0.25, -0.2) is 0 Å². The van der Waals surface area contributed by atoms with Gasteiger partial charge in [0.2, 0.25) is 5.78 Å². The fourth-order valence-corrected chi connectivity index (χ4v) is 2.88. The lowest BCUT2D eigenvalue weighted by atomic mass is 10.2. The summed E-state index contributed by atoms with van der Waals surface area (Å²) >= 11 is 4.57. The number of hydrogen-bond acceptors (Lipinski definition) is 5. The molecule has 7 heteroatoms. The summed E-state index contributed by atoms with van der Waals surface area (Å²) in [5.41, 5.74) is 0.688. The summed E-state index contributed by atoms with van der Waals surface area (Å²) < 4.78 is 6.15. The first-order chi connectivity index (χ1) is 9.47. The highest BCUT2D eigenvalue weighted by Crippen LogP contribution is 2.28. The number of nitrogens with zero attached hydrogens (tertiary/aromatic N) is 1. The van der Waals surface area contributed by atoms with E-state index in [1.165, 1.54) is 17.4 Å². The van der Waals surface area contributed by atoms with Crippen molar-refractivity contribution in [1.82, 2.24) is 0 Å². The van der Waals surface area contributed by atoms with E-state index in [-0.39, 0.29) is 23.8 Å². The molecule has 0 unspecified atom stereocenters. The van der Waals surface area contributed by atoms with Gasteiger partial charge in [-0.05, 0) is 46.6 Å². The lowest BCUT2D eigenvalue weighted by Gasteiger charge is -2.06. The SMILES string of the molecule is Cc1ccc([N+](=O)[O-])c(OCC(=O)c2ccc(Br)s2)c1. The van der Waals surface area contributed by atoms with Crippen molar-refractivity contribution < 1.29 is 14.5 Å². The highest BCUT2D eigenvalue weighted by Gasteiger charge is 2.17. The number of nitro groups is 1. The summed E-state index contributed by atoms with van der Waals surface area (Å²) in [5.74, 6) is -0.101. The van der Waals surface area contributed by atoms with Gasteiger partial charge in [-0.3, -0.25) is 14.9 Å². The smallest absolute Gasteiger partial charge is 0.310 e. The normalized spacial score (nSPS) is 10.3. The van der Waals surface area contributed by atoms with Crippen LogP contribution in [-0.4, -0.2) is 17.3 Å². The topological polar surface area (TPSA) is 69.4 Å². The Kier molecular flexibility index (Phi) is 4.51. The predicted molar refractivity (Wildman–Crippen MR) is 79.7 cm³/mol. The Balaban J connectivity index is 2.12. The van der Waals surface area contributed by atoms with E-state index in [2.05, 4.69) is 15.9 Å². The van der Waals surface area contributed by atoms with Crippen molar-refractivity contribution in [2.24, 2.45) is 0 Å². The van der Waals surface area contributed by atoms with Gasteiger partial charge in [0.25, 0.3) is 0 Å². The van der Waals surface area contributed by atoms with Gasteiger partial charge in [0.15, 0.2) is 12.4 Å². The number of carbonyl (C=O) groups excluding carboxylic acids is 1. The first kappa shape index (κ1) is 14.7. The van der Waals surface area contributed by atoms with Gasteiger partial charge in [0.1, 0.15) is 0 Å². The van der Waals surface area contributed by atoms with Crippen molar-refractivity contribution in [3.05, 3.63) is 54.7 Å². The molecule has 1 aromatic carbocycles. The van der Waals surface area contributed by atoms with Gasteiger partial charge in [-0.2, -0.15) is 0 Å². The predicted octanol–water partition coefficient (Wildman–Crippen LogP) is 3.99. The molecule has 0 amide bonds. The van der Waals surface area contributed by atoms with Crippen molar-refractivity contribution in [1.29, 1.82) is 0 Å². The number of rotatable bonds is 5. The van der Waals surface area contributed by atoms with Crippen LogP contribution in [0, 0.1) is 17.0 Å². The molecule has 2 rings (SSSR count). The second-order valence-electron chi connectivity index (χ2n) is 4.04. The number of hydrogen-bond donors (Lipinski definition) is 0. The van der Waals surface area contributed by atoms with E-state index in [0.717, 1.165) is 9.35 Å². The van der Waals surface area contributed by atoms with E-state index in [1.54, 1.807) is 31.2 Å². The number of ether oxygens (including phenoxy) is 1. The second-order valence-corrected chi connectivity index (χ2v) is 6.51. The molecule has 1 aromatic heterocycles. The maximum Gasteiger partial charge on any atom is 0.310 e. The molecule has 20 heavy (non-hydrogen) atoms. The van der Waals surface area contributed by atoms with E-state index < -0.39 is 4.92 Å². The van der Waals surface area contributed by atoms with Crippen molar-refractivity contribution in [3.63, 3.8) is 0 Å². The summed E-state index contributed by atoms with van der Waals surface area (Å²) in [5, 5.41) is 10.9. The minimum absolute atomic E-state index is 0.110. The molecule has 0 radical (unpaired) electrons. The van der Waals surface area contributed by atoms with Crippen molar-refractivity contribution in [2.75, 3.05) is 6.61 Å². The summed E-state index contributed by atoms with van der Waals surface area (Å²) in [6.45, 7) is 1.58. The van der Waals surface area contributed by atoms with E-state index >= 15 is 0 Å². The number of Topliss-reactive ketones (excluding diaryl/α,β-unsaturated/α-hetero) is 1. The summed E-state index contributed by atoms with van der Waals surface area (Å²) in [6, 6.07) is 8.01. The van der Waals surface area contributed by atoms with Crippen molar-refractivity contribution in [2.45, 2.75) is 6.92 Å². The molecule has 0 saturated heterocycles. The average Bonchev–Trinajstić information content (AvgIpc) is 2.82. The van der Waals surface area contributed by atoms with Crippen molar-refractivity contribution >= 4 is 38.7 Å². The Labute approximate surface area is 127 Å². The number of nitro benzene ring substituents is 1. The Hall–Kier alpha value is -1.73. The molecular weight excluding hydrogens is 346 g/mol. The largest absolute Gasteiger partial charge is 0.478 e. The van der Waals surface area contributed by atoms with Crippen LogP contribution in [-0.2, 0) is 0 Å². The lowest BCUT2D eigenvalue weighted by molar-refractivity contribution is -0.385. The zero-order valence-corrected chi connectivity index (χ0v) is 12.9. The van der Waals surface area contributed by atoms with Gasteiger partial charge in [0, 0.05) is 6.07 Å². The molecule has 0 spiro atoms. The molecule has 2 aromatic rings. The Bertz CT molecular complexity index is 668. The van der Waals surface area contributed by atoms with E-state index in [0.29, 0.717) is 4.88 Å². The molecule has 104 valence electrons. The third-order valence-electron chi connectivity index (χ3n) is 2.52. The average molecular weight is 356 g/mol. The third-order valence-corrected chi connectivity index (χ3v) is 4.18. The number of carbonyl (C=O) groups is 1. The Morgan fingerprint density at radius 2 is 2.15 bits per heavy atom. The molecule has 0 aliphatic rings. The molecular formula is C13H10BrNO4S. The maximum absolute atomic E-state index is 11.9. The molecule has 0 N–H and O–H groups in total. The molecule has 0 bridgehead atoms. The summed E-state index contributed by atoms with van der Waals surface area (Å²) in [4.78, 5) is 22.8. The minimum Gasteiger partial charge on any atom is -0.478 e. The summed E-state index contributed by atoms with van der Waals surface area (Å²) in [6.07, 6.45) is 0. The molecule has 5 nitrogen and oxygen atoms in total. The lowest BCUT2D eigenvalue weighted by Crippen LogP contribution is -2.11. The fraction of sp³-hybridized carbons (Fsp3) is 0.154. The number of aryl methyl sites for hydroxylation is 1. The van der Waals surface area contributed by atoms with Crippen LogP contribution >= 0.6 is 27.3 Å². The number of benzene rings is 1. The van der Waals surface area contributed by atoms with Gasteiger partial charge in [-0.1, -0.05) is 6.07 Å². The fourth-order valence-electron chi connectivity index (χ4n) is 1.57. The van der Waals surface area contributed by atoms with Gasteiger partial charge in [0.05, 0.1) is 13.6 Å². The highest BCUT2D eigenvalue weighted by atomic mass is 79.9. The van der Waals surface area contributed by atoms with Gasteiger partial charge >= 0.3 is 5.69 Å². The van der Waals surface area contributed by atoms with Crippen LogP contribution in [0.15, 0.2) is 34.1 Å². The van der Waals surface area contributed by atoms with E-state index in [9.17, 15) is 14.9 Å². The quantitative estimate of drug-likeness (QED) is 0.461. The van der Waals surface area contributed by atoms with Crippen LogP contribution in [0.2, 0.25) is 0 Å². The Morgan fingerprint density at radius 3 is 2.75 bits per heavy atom. The zero-order chi connectivity index (χ0) is 14.7. The van der Waals surface area contributed by atoms with Crippen molar-refractivity contribution in [3.8, 4) is 5.75 Å². The van der Waals surface area contributed by atoms with Gasteiger partial charge < -0.3 is 4.74 Å². The number of thiophene rings is 1. The van der Waals surface area contributed by atoms with Crippen LogP contribution in [0.4, 0.5) is 5.69 Å². The standard InChI is InChI=1S/C13H10BrNO4S/c1-8-2-3-9(15(17)18)11(6-8)19-7-10(16)12-4-5-13(14)20-12/h2-6H,7H2,1H3. The van der Waals surface area contributed by atoms with Crippen LogP contribution in [0.3, 0.4) is 0 Å². The minimum atomic E-state index is -0.527. The summed E-state index contributed by atoms with van der Waals surface area (Å²) in [7, 11) is 0. The molecule has 0 aliphatic heterocycles. The molecule has 0 atom stereocenters. The second kappa shape index (κ2) is 6.15. The van der Waals surface area contributed by atoms with Crippen LogP contribution in [0.1, 0.15) is 15.2 Å². The third kappa shape index (κ3) is 3.43. The van der Waals surface area contributed by atoms with E-state index in [1.807, 2.05) is 0 Å². The molecule has 1 heterocycles. The zero-order valence-electron chi connectivity index (χ0n) is 10.5. The van der Waals surface area contributed by atoms with E-state index in [4.69, 9.17) is 4.74 Å². The Morgan fingerprint density at radius 1 is 1.40 bits per heavy atom. The molecule has 0 fully saturated rings. The maximum atomic E-state index is 11.9. The van der Waals surface area contributed by atoms with Crippen LogP contribution in [0.25, 0.3) is 0 Å². The number of halogens is 1. The highest BCUT2D eigenvalue weighted by molar-refractivity contribution is 9.11.